The minimum absolute atomic E-state index is 0.0322. The summed E-state index contributed by atoms with van der Waals surface area (Å²) in [6.07, 6.45) is 0.951. The van der Waals surface area contributed by atoms with Gasteiger partial charge in [-0.3, -0.25) is 9.59 Å². The van der Waals surface area contributed by atoms with E-state index in [9.17, 15) is 9.59 Å². The Bertz CT molecular complexity index is 805. The van der Waals surface area contributed by atoms with Gasteiger partial charge in [0.25, 0.3) is 0 Å². The summed E-state index contributed by atoms with van der Waals surface area (Å²) < 4.78 is 5.64. The fourth-order valence-corrected chi connectivity index (χ4v) is 3.10. The van der Waals surface area contributed by atoms with Crippen LogP contribution in [-0.2, 0) is 9.59 Å². The molecule has 5 heteroatoms. The van der Waals surface area contributed by atoms with Crippen LogP contribution in [0.1, 0.15) is 35.1 Å². The first-order chi connectivity index (χ1) is 13.3. The second-order valence-corrected chi connectivity index (χ2v) is 7.34. The van der Waals surface area contributed by atoms with E-state index in [0.717, 1.165) is 28.1 Å². The highest BCUT2D eigenvalue weighted by Gasteiger charge is 2.14. The van der Waals surface area contributed by atoms with Crippen LogP contribution in [0, 0.1) is 27.7 Å². The molecule has 1 N–H and O–H groups in total. The zero-order chi connectivity index (χ0) is 20.7. The average molecular weight is 383 g/mol. The molecule has 0 heterocycles. The molecule has 0 saturated heterocycles. The monoisotopic (exact) mass is 382 g/mol. The summed E-state index contributed by atoms with van der Waals surface area (Å²) in [4.78, 5) is 26.0. The van der Waals surface area contributed by atoms with E-state index in [2.05, 4.69) is 5.32 Å². The van der Waals surface area contributed by atoms with Gasteiger partial charge in [-0.15, -0.1) is 0 Å². The molecule has 0 atom stereocenters. The fraction of sp³-hybridized carbons (Fsp3) is 0.391. The number of ether oxygens (including phenoxy) is 1. The van der Waals surface area contributed by atoms with E-state index >= 15 is 0 Å². The van der Waals surface area contributed by atoms with E-state index in [-0.39, 0.29) is 18.4 Å². The summed E-state index contributed by atoms with van der Waals surface area (Å²) in [5.41, 5.74) is 5.20. The maximum absolute atomic E-state index is 12.3. The number of hydrogen-bond acceptors (Lipinski definition) is 3. The van der Waals surface area contributed by atoms with Crippen LogP contribution >= 0.6 is 0 Å². The van der Waals surface area contributed by atoms with E-state index < -0.39 is 0 Å². The third-order valence-electron chi connectivity index (χ3n) is 4.57. The van der Waals surface area contributed by atoms with Crippen molar-refractivity contribution in [1.82, 2.24) is 4.90 Å². The minimum atomic E-state index is -0.193. The highest BCUT2D eigenvalue weighted by Crippen LogP contribution is 2.21. The number of nitrogens with zero attached hydrogens (tertiary/aromatic N) is 1. The minimum Gasteiger partial charge on any atom is -0.494 e. The number of aryl methyl sites for hydroxylation is 4. The second kappa shape index (κ2) is 9.93. The van der Waals surface area contributed by atoms with Gasteiger partial charge in [-0.1, -0.05) is 35.4 Å². The predicted molar refractivity (Wildman–Crippen MR) is 113 cm³/mol. The van der Waals surface area contributed by atoms with Crippen LogP contribution < -0.4 is 10.1 Å². The van der Waals surface area contributed by atoms with Gasteiger partial charge in [-0.05, 0) is 57.4 Å². The molecule has 0 unspecified atom stereocenters. The highest BCUT2D eigenvalue weighted by atomic mass is 16.5. The number of rotatable bonds is 8. The van der Waals surface area contributed by atoms with Crippen molar-refractivity contribution in [2.75, 3.05) is 25.5 Å². The summed E-state index contributed by atoms with van der Waals surface area (Å²) in [5, 5.41) is 2.93. The number of carbonyl (C=O) groups is 2. The van der Waals surface area contributed by atoms with Crippen molar-refractivity contribution in [3.63, 3.8) is 0 Å². The third-order valence-corrected chi connectivity index (χ3v) is 4.57. The van der Waals surface area contributed by atoms with Crippen LogP contribution in [0.3, 0.4) is 0 Å². The lowest BCUT2D eigenvalue weighted by atomic mass is 10.1. The summed E-state index contributed by atoms with van der Waals surface area (Å²) >= 11 is 0. The third kappa shape index (κ3) is 6.41. The topological polar surface area (TPSA) is 58.6 Å². The Balaban J connectivity index is 1.75. The molecule has 0 spiro atoms. The Hall–Kier alpha value is -2.82. The number of hydrogen-bond donors (Lipinski definition) is 1. The lowest BCUT2D eigenvalue weighted by Crippen LogP contribution is -2.35. The number of amides is 2. The van der Waals surface area contributed by atoms with Crippen molar-refractivity contribution >= 4 is 17.5 Å². The fourth-order valence-electron chi connectivity index (χ4n) is 3.10. The van der Waals surface area contributed by atoms with E-state index in [1.165, 1.54) is 10.5 Å². The van der Waals surface area contributed by atoms with Crippen molar-refractivity contribution in [3.05, 3.63) is 58.7 Å². The van der Waals surface area contributed by atoms with E-state index in [4.69, 9.17) is 4.74 Å². The Morgan fingerprint density at radius 1 is 0.964 bits per heavy atom. The van der Waals surface area contributed by atoms with Crippen molar-refractivity contribution in [3.8, 4) is 5.75 Å². The molecule has 5 nitrogen and oxygen atoms in total. The maximum atomic E-state index is 12.3. The quantitative estimate of drug-likeness (QED) is 0.697. The van der Waals surface area contributed by atoms with Crippen molar-refractivity contribution in [2.45, 2.75) is 40.5 Å². The molecule has 150 valence electrons. The number of benzene rings is 2. The molecular weight excluding hydrogens is 352 g/mol. The first-order valence-electron chi connectivity index (χ1n) is 9.57. The zero-order valence-corrected chi connectivity index (χ0v) is 17.5. The number of anilines is 1. The normalized spacial score (nSPS) is 10.5. The molecule has 0 aromatic heterocycles. The molecule has 0 saturated carbocycles. The van der Waals surface area contributed by atoms with Crippen LogP contribution in [0.5, 0.6) is 5.75 Å². The van der Waals surface area contributed by atoms with Crippen molar-refractivity contribution in [1.29, 1.82) is 0 Å². The second-order valence-electron chi connectivity index (χ2n) is 7.34. The van der Waals surface area contributed by atoms with Gasteiger partial charge < -0.3 is 15.0 Å². The van der Waals surface area contributed by atoms with Crippen LogP contribution in [0.4, 0.5) is 5.69 Å². The smallest absolute Gasteiger partial charge is 0.243 e. The zero-order valence-electron chi connectivity index (χ0n) is 17.5. The van der Waals surface area contributed by atoms with Gasteiger partial charge in [0, 0.05) is 19.2 Å². The van der Waals surface area contributed by atoms with Gasteiger partial charge in [0.1, 0.15) is 5.75 Å². The van der Waals surface area contributed by atoms with Crippen molar-refractivity contribution < 1.29 is 14.3 Å². The largest absolute Gasteiger partial charge is 0.494 e. The molecule has 28 heavy (non-hydrogen) atoms. The first kappa shape index (κ1) is 21.5. The van der Waals surface area contributed by atoms with Crippen LogP contribution in [0.25, 0.3) is 0 Å². The number of nitrogens with one attached hydrogen (secondary N) is 1. The maximum Gasteiger partial charge on any atom is 0.243 e. The van der Waals surface area contributed by atoms with E-state index in [1.54, 1.807) is 7.05 Å². The van der Waals surface area contributed by atoms with Crippen molar-refractivity contribution in [2.24, 2.45) is 0 Å². The van der Waals surface area contributed by atoms with Crippen LogP contribution in [0.15, 0.2) is 36.4 Å². The Labute approximate surface area is 167 Å². The summed E-state index contributed by atoms with van der Waals surface area (Å²) in [6, 6.07) is 11.9. The van der Waals surface area contributed by atoms with Gasteiger partial charge >= 0.3 is 0 Å². The summed E-state index contributed by atoms with van der Waals surface area (Å²) in [7, 11) is 1.65. The van der Waals surface area contributed by atoms with Gasteiger partial charge in [-0.2, -0.15) is 0 Å². The van der Waals surface area contributed by atoms with E-state index in [1.807, 2.05) is 64.1 Å². The molecule has 2 amide bonds. The van der Waals surface area contributed by atoms with Crippen LogP contribution in [0.2, 0.25) is 0 Å². The number of carbonyl (C=O) groups excluding carboxylic acids is 2. The highest BCUT2D eigenvalue weighted by molar-refractivity contribution is 5.95. The molecule has 2 aromatic carbocycles. The Morgan fingerprint density at radius 3 is 2.18 bits per heavy atom. The average Bonchev–Trinajstić information content (AvgIpc) is 2.63. The Morgan fingerprint density at radius 2 is 1.57 bits per heavy atom. The SMILES string of the molecule is Cc1ccc(OCCCC(=O)N(C)CC(=O)Nc2c(C)cc(C)cc2C)cc1. The summed E-state index contributed by atoms with van der Waals surface area (Å²) in [5.74, 6) is 0.538. The van der Waals surface area contributed by atoms with Gasteiger partial charge in [0.2, 0.25) is 11.8 Å². The van der Waals surface area contributed by atoms with E-state index in [0.29, 0.717) is 19.4 Å². The molecule has 0 bridgehead atoms. The molecule has 0 aliphatic carbocycles. The number of likely N-dealkylation sites (N-methyl/N-ethyl adjacent to an activating group) is 1. The lowest BCUT2D eigenvalue weighted by molar-refractivity contribution is -0.133. The van der Waals surface area contributed by atoms with Crippen LogP contribution in [-0.4, -0.2) is 36.9 Å². The molecule has 2 aromatic rings. The molecule has 0 radical (unpaired) electrons. The molecule has 0 fully saturated rings. The molecule has 2 rings (SSSR count). The predicted octanol–water partition coefficient (Wildman–Crippen LogP) is 4.18. The van der Waals surface area contributed by atoms with Gasteiger partial charge in [0.05, 0.1) is 13.2 Å². The summed E-state index contributed by atoms with van der Waals surface area (Å²) in [6.45, 7) is 8.49. The molecular formula is C23H30N2O3. The molecule has 0 aliphatic rings. The Kier molecular flexibility index (Phi) is 7.61. The van der Waals surface area contributed by atoms with Gasteiger partial charge in [-0.25, -0.2) is 0 Å². The molecule has 0 aliphatic heterocycles. The lowest BCUT2D eigenvalue weighted by Gasteiger charge is -2.18. The van der Waals surface area contributed by atoms with Gasteiger partial charge in [0.15, 0.2) is 0 Å². The first-order valence-corrected chi connectivity index (χ1v) is 9.57. The standard InChI is InChI=1S/C23H30N2O3/c1-16-8-10-20(11-9-16)28-12-6-7-22(27)25(5)15-21(26)24-23-18(3)13-17(2)14-19(23)4/h8-11,13-14H,6-7,12,15H2,1-5H3,(H,24,26).